The molecule has 0 saturated heterocycles. The molecule has 0 amide bonds. The zero-order chi connectivity index (χ0) is 12.1. The lowest BCUT2D eigenvalue weighted by Crippen LogP contribution is -2.45. The van der Waals surface area contributed by atoms with Crippen LogP contribution in [0.15, 0.2) is 11.6 Å². The molecule has 0 spiro atoms. The zero-order valence-electron chi connectivity index (χ0n) is 11.2. The van der Waals surface area contributed by atoms with E-state index in [2.05, 4.69) is 39.1 Å². The van der Waals surface area contributed by atoms with Crippen LogP contribution in [0.2, 0.25) is 0 Å². The van der Waals surface area contributed by atoms with E-state index in [0.29, 0.717) is 17.9 Å². The van der Waals surface area contributed by atoms with E-state index in [-0.39, 0.29) is 12.6 Å². The van der Waals surface area contributed by atoms with Crippen LogP contribution in [0.4, 0.5) is 0 Å². The Hall–Kier alpha value is -0.340. The van der Waals surface area contributed by atoms with Crippen LogP contribution >= 0.6 is 0 Å². The molecule has 0 bridgehead atoms. The maximum absolute atomic E-state index is 9.51. The Morgan fingerprint density at radius 2 is 2.25 bits per heavy atom. The first kappa shape index (κ1) is 13.7. The Bertz CT molecular complexity index is 237. The fourth-order valence-electron chi connectivity index (χ4n) is 2.72. The SMILES string of the molecule is CCC(C)NC(CO)C1CC(C)=CC(C)C1. The number of hydrogen-bond acceptors (Lipinski definition) is 2. The molecule has 0 aromatic rings. The van der Waals surface area contributed by atoms with Gasteiger partial charge in [-0.25, -0.2) is 0 Å². The predicted octanol–water partition coefficient (Wildman–Crippen LogP) is 2.73. The van der Waals surface area contributed by atoms with Gasteiger partial charge in [0.05, 0.1) is 6.61 Å². The Kier molecular flexibility index (Phi) is 5.50. The van der Waals surface area contributed by atoms with Gasteiger partial charge in [0, 0.05) is 12.1 Å². The van der Waals surface area contributed by atoms with Crippen molar-refractivity contribution in [3.05, 3.63) is 11.6 Å². The van der Waals surface area contributed by atoms with Crippen LogP contribution in [-0.4, -0.2) is 23.8 Å². The summed E-state index contributed by atoms with van der Waals surface area (Å²) in [5.41, 5.74) is 1.48. The number of allylic oxidation sites excluding steroid dienone is 2. The van der Waals surface area contributed by atoms with E-state index in [9.17, 15) is 5.11 Å². The molecule has 4 atom stereocenters. The van der Waals surface area contributed by atoms with Crippen molar-refractivity contribution in [2.24, 2.45) is 11.8 Å². The van der Waals surface area contributed by atoms with Crippen LogP contribution in [0.3, 0.4) is 0 Å². The van der Waals surface area contributed by atoms with Gasteiger partial charge < -0.3 is 10.4 Å². The van der Waals surface area contributed by atoms with Crippen molar-refractivity contribution in [1.29, 1.82) is 0 Å². The Labute approximate surface area is 100 Å². The summed E-state index contributed by atoms with van der Waals surface area (Å²) < 4.78 is 0. The molecule has 0 radical (unpaired) electrons. The Morgan fingerprint density at radius 3 is 2.75 bits per heavy atom. The molecule has 0 aromatic heterocycles. The molecule has 0 heterocycles. The highest BCUT2D eigenvalue weighted by Crippen LogP contribution is 2.30. The first-order chi connectivity index (χ1) is 7.56. The number of hydrogen-bond donors (Lipinski definition) is 2. The second kappa shape index (κ2) is 6.41. The van der Waals surface area contributed by atoms with Crippen molar-refractivity contribution in [2.75, 3.05) is 6.61 Å². The summed E-state index contributed by atoms with van der Waals surface area (Å²) in [5, 5.41) is 13.1. The molecule has 2 nitrogen and oxygen atoms in total. The average molecular weight is 225 g/mol. The molecule has 1 aliphatic carbocycles. The average Bonchev–Trinajstić information content (AvgIpc) is 2.24. The van der Waals surface area contributed by atoms with Crippen LogP contribution < -0.4 is 5.32 Å². The van der Waals surface area contributed by atoms with Crippen LogP contribution in [-0.2, 0) is 0 Å². The van der Waals surface area contributed by atoms with Gasteiger partial charge >= 0.3 is 0 Å². The lowest BCUT2D eigenvalue weighted by molar-refractivity contribution is 0.171. The van der Waals surface area contributed by atoms with Gasteiger partial charge in [-0.2, -0.15) is 0 Å². The first-order valence-electron chi connectivity index (χ1n) is 6.61. The quantitative estimate of drug-likeness (QED) is 0.705. The van der Waals surface area contributed by atoms with Crippen molar-refractivity contribution in [3.8, 4) is 0 Å². The van der Waals surface area contributed by atoms with Gasteiger partial charge in [-0.1, -0.05) is 25.5 Å². The Balaban J connectivity index is 2.56. The smallest absolute Gasteiger partial charge is 0.0587 e. The van der Waals surface area contributed by atoms with E-state index >= 15 is 0 Å². The summed E-state index contributed by atoms with van der Waals surface area (Å²) in [5.74, 6) is 1.26. The highest BCUT2D eigenvalue weighted by molar-refractivity contribution is 5.07. The molecule has 0 saturated carbocycles. The fourth-order valence-corrected chi connectivity index (χ4v) is 2.72. The molecule has 94 valence electrons. The van der Waals surface area contributed by atoms with Gasteiger partial charge in [-0.3, -0.25) is 0 Å². The third-order valence-corrected chi connectivity index (χ3v) is 3.70. The summed E-state index contributed by atoms with van der Waals surface area (Å²) in [6.07, 6.45) is 5.83. The van der Waals surface area contributed by atoms with Crippen LogP contribution in [0.1, 0.15) is 47.0 Å². The molecular formula is C14H27NO. The van der Waals surface area contributed by atoms with Crippen LogP contribution in [0, 0.1) is 11.8 Å². The summed E-state index contributed by atoms with van der Waals surface area (Å²) in [6, 6.07) is 0.764. The zero-order valence-corrected chi connectivity index (χ0v) is 11.2. The molecule has 0 aliphatic heterocycles. The maximum atomic E-state index is 9.51. The lowest BCUT2D eigenvalue weighted by Gasteiger charge is -2.33. The van der Waals surface area contributed by atoms with Gasteiger partial charge in [0.15, 0.2) is 0 Å². The molecule has 1 aliphatic rings. The third kappa shape index (κ3) is 3.91. The summed E-state index contributed by atoms with van der Waals surface area (Å²) in [4.78, 5) is 0. The van der Waals surface area contributed by atoms with Gasteiger partial charge in [0.25, 0.3) is 0 Å². The van der Waals surface area contributed by atoms with Crippen molar-refractivity contribution >= 4 is 0 Å². The number of rotatable bonds is 5. The Morgan fingerprint density at radius 1 is 1.56 bits per heavy atom. The van der Waals surface area contributed by atoms with E-state index in [0.717, 1.165) is 12.8 Å². The highest BCUT2D eigenvalue weighted by Gasteiger charge is 2.26. The van der Waals surface area contributed by atoms with Gasteiger partial charge in [-0.05, 0) is 44.9 Å². The molecule has 1 rings (SSSR count). The molecular weight excluding hydrogens is 198 g/mol. The van der Waals surface area contributed by atoms with Crippen molar-refractivity contribution in [1.82, 2.24) is 5.32 Å². The summed E-state index contributed by atoms with van der Waals surface area (Å²) >= 11 is 0. The molecule has 16 heavy (non-hydrogen) atoms. The van der Waals surface area contributed by atoms with Crippen molar-refractivity contribution < 1.29 is 5.11 Å². The van der Waals surface area contributed by atoms with Gasteiger partial charge in [0.1, 0.15) is 0 Å². The lowest BCUT2D eigenvalue weighted by atomic mass is 9.79. The molecule has 4 unspecified atom stereocenters. The standard InChI is InChI=1S/C14H27NO/c1-5-12(4)15-14(9-16)13-7-10(2)6-11(3)8-13/h6,10,12-16H,5,7-9H2,1-4H3. The molecule has 0 fully saturated rings. The minimum atomic E-state index is 0.259. The highest BCUT2D eigenvalue weighted by atomic mass is 16.3. The fraction of sp³-hybridized carbons (Fsp3) is 0.857. The maximum Gasteiger partial charge on any atom is 0.0587 e. The van der Waals surface area contributed by atoms with E-state index < -0.39 is 0 Å². The van der Waals surface area contributed by atoms with Gasteiger partial charge in [-0.15, -0.1) is 0 Å². The third-order valence-electron chi connectivity index (χ3n) is 3.70. The minimum absolute atomic E-state index is 0.259. The predicted molar refractivity (Wildman–Crippen MR) is 69.4 cm³/mol. The number of aliphatic hydroxyl groups is 1. The van der Waals surface area contributed by atoms with Gasteiger partial charge in [0.2, 0.25) is 0 Å². The van der Waals surface area contributed by atoms with E-state index in [1.807, 2.05) is 0 Å². The van der Waals surface area contributed by atoms with Crippen molar-refractivity contribution in [2.45, 2.75) is 59.0 Å². The van der Waals surface area contributed by atoms with Crippen LogP contribution in [0.25, 0.3) is 0 Å². The number of nitrogens with one attached hydrogen (secondary N) is 1. The second-order valence-electron chi connectivity index (χ2n) is 5.46. The minimum Gasteiger partial charge on any atom is -0.395 e. The van der Waals surface area contributed by atoms with Crippen molar-refractivity contribution in [3.63, 3.8) is 0 Å². The summed E-state index contributed by atoms with van der Waals surface area (Å²) in [7, 11) is 0. The first-order valence-corrected chi connectivity index (χ1v) is 6.61. The second-order valence-corrected chi connectivity index (χ2v) is 5.46. The topological polar surface area (TPSA) is 32.3 Å². The summed E-state index contributed by atoms with van der Waals surface area (Å²) in [6.45, 7) is 9.11. The molecule has 2 N–H and O–H groups in total. The van der Waals surface area contributed by atoms with Crippen LogP contribution in [0.5, 0.6) is 0 Å². The van der Waals surface area contributed by atoms with E-state index in [1.165, 1.54) is 12.0 Å². The normalized spacial score (nSPS) is 29.7. The number of aliphatic hydroxyl groups excluding tert-OH is 1. The molecule has 2 heteroatoms. The van der Waals surface area contributed by atoms with E-state index in [4.69, 9.17) is 0 Å². The van der Waals surface area contributed by atoms with E-state index in [1.54, 1.807) is 0 Å². The monoisotopic (exact) mass is 225 g/mol. The largest absolute Gasteiger partial charge is 0.395 e. The molecule has 0 aromatic carbocycles.